The lowest BCUT2D eigenvalue weighted by Crippen LogP contribution is -1.95. The van der Waals surface area contributed by atoms with Gasteiger partial charge in [-0.05, 0) is 29.2 Å². The first-order valence-corrected chi connectivity index (χ1v) is 7.20. The van der Waals surface area contributed by atoms with Crippen LogP contribution in [0.15, 0.2) is 59.8 Å². The minimum atomic E-state index is -0.110. The fourth-order valence-electron chi connectivity index (χ4n) is 2.32. The summed E-state index contributed by atoms with van der Waals surface area (Å²) in [7, 11) is 0. The Hall–Kier alpha value is -2.73. The van der Waals surface area contributed by atoms with Crippen molar-refractivity contribution < 1.29 is 0 Å². The van der Waals surface area contributed by atoms with Gasteiger partial charge in [-0.15, -0.1) is 0 Å². The lowest BCUT2D eigenvalue weighted by Gasteiger charge is -2.02. The number of hydrogen-bond acceptors (Lipinski definition) is 4. The number of nitrogens with one attached hydrogen (secondary N) is 1. The second-order valence-electron chi connectivity index (χ2n) is 4.60. The molecule has 0 radical (unpaired) electrons. The Labute approximate surface area is 123 Å². The summed E-state index contributed by atoms with van der Waals surface area (Å²) in [5.41, 5.74) is 2.92. The van der Waals surface area contributed by atoms with Gasteiger partial charge < -0.3 is 0 Å². The SMILES string of the molecule is O=c1cc(-n2cc(-c3cccc4ncccc34)cn2)s[nH]1. The average molecular weight is 294 g/mol. The molecule has 3 heterocycles. The van der Waals surface area contributed by atoms with E-state index in [1.807, 2.05) is 36.5 Å². The van der Waals surface area contributed by atoms with Crippen LogP contribution in [-0.2, 0) is 0 Å². The van der Waals surface area contributed by atoms with Crippen molar-refractivity contribution in [2.24, 2.45) is 0 Å². The quantitative estimate of drug-likeness (QED) is 0.618. The number of hydrogen-bond donors (Lipinski definition) is 1. The van der Waals surface area contributed by atoms with Crippen LogP contribution in [0.3, 0.4) is 0 Å². The number of nitrogens with zero attached hydrogens (tertiary/aromatic N) is 3. The average Bonchev–Trinajstić information content (AvgIpc) is 3.15. The van der Waals surface area contributed by atoms with E-state index in [2.05, 4.69) is 14.5 Å². The molecule has 102 valence electrons. The van der Waals surface area contributed by atoms with Gasteiger partial charge >= 0.3 is 0 Å². The Morgan fingerprint density at radius 2 is 2.14 bits per heavy atom. The van der Waals surface area contributed by atoms with Crippen LogP contribution < -0.4 is 5.56 Å². The molecule has 0 aliphatic rings. The molecule has 1 N–H and O–H groups in total. The standard InChI is InChI=1S/C15H10N4OS/c20-14-7-15(21-18-14)19-9-10(8-17-19)11-3-1-5-13-12(11)4-2-6-16-13/h1-9H,(H,18,20). The molecular weight excluding hydrogens is 284 g/mol. The molecule has 6 heteroatoms. The Kier molecular flexibility index (Phi) is 2.68. The summed E-state index contributed by atoms with van der Waals surface area (Å²) in [6.45, 7) is 0. The highest BCUT2D eigenvalue weighted by molar-refractivity contribution is 7.08. The van der Waals surface area contributed by atoms with Gasteiger partial charge in [0.1, 0.15) is 5.00 Å². The van der Waals surface area contributed by atoms with Crippen LogP contribution in [0.25, 0.3) is 27.0 Å². The van der Waals surface area contributed by atoms with Gasteiger partial charge in [0, 0.05) is 29.4 Å². The zero-order valence-corrected chi connectivity index (χ0v) is 11.7. The van der Waals surface area contributed by atoms with Crippen molar-refractivity contribution in [2.75, 3.05) is 0 Å². The minimum Gasteiger partial charge on any atom is -0.276 e. The first-order chi connectivity index (χ1) is 10.3. The smallest absolute Gasteiger partial charge is 0.260 e. The highest BCUT2D eigenvalue weighted by Gasteiger charge is 2.08. The summed E-state index contributed by atoms with van der Waals surface area (Å²) in [6.07, 6.45) is 5.50. The Bertz CT molecular complexity index is 977. The maximum atomic E-state index is 11.2. The number of H-pyrrole nitrogens is 1. The normalized spacial score (nSPS) is 11.0. The predicted molar refractivity (Wildman–Crippen MR) is 82.8 cm³/mol. The highest BCUT2D eigenvalue weighted by atomic mass is 32.1. The third-order valence-corrected chi connectivity index (χ3v) is 4.09. The molecule has 0 aliphatic carbocycles. The van der Waals surface area contributed by atoms with Gasteiger partial charge in [0.05, 0.1) is 11.7 Å². The molecule has 3 aromatic heterocycles. The van der Waals surface area contributed by atoms with E-state index in [-0.39, 0.29) is 5.56 Å². The van der Waals surface area contributed by atoms with E-state index in [1.54, 1.807) is 17.1 Å². The van der Waals surface area contributed by atoms with Gasteiger partial charge in [0.25, 0.3) is 5.56 Å². The molecule has 4 rings (SSSR count). The fraction of sp³-hybridized carbons (Fsp3) is 0. The van der Waals surface area contributed by atoms with Crippen molar-refractivity contribution in [2.45, 2.75) is 0 Å². The van der Waals surface area contributed by atoms with Crippen molar-refractivity contribution in [1.29, 1.82) is 0 Å². The van der Waals surface area contributed by atoms with Crippen molar-refractivity contribution >= 4 is 22.4 Å². The summed E-state index contributed by atoms with van der Waals surface area (Å²) in [5.74, 6) is 0. The van der Waals surface area contributed by atoms with Crippen LogP contribution in [0.4, 0.5) is 0 Å². The monoisotopic (exact) mass is 294 g/mol. The minimum absolute atomic E-state index is 0.110. The second kappa shape index (κ2) is 4.68. The molecule has 0 bridgehead atoms. The van der Waals surface area contributed by atoms with Gasteiger partial charge in [0.2, 0.25) is 0 Å². The number of aromatic amines is 1. The van der Waals surface area contributed by atoms with E-state index in [0.29, 0.717) is 0 Å². The highest BCUT2D eigenvalue weighted by Crippen LogP contribution is 2.27. The molecule has 0 saturated carbocycles. The van der Waals surface area contributed by atoms with Gasteiger partial charge in [-0.3, -0.25) is 14.2 Å². The predicted octanol–water partition coefficient (Wildman–Crippen LogP) is 2.84. The maximum Gasteiger partial charge on any atom is 0.260 e. The van der Waals surface area contributed by atoms with Crippen molar-refractivity contribution in [3.8, 4) is 16.1 Å². The summed E-state index contributed by atoms with van der Waals surface area (Å²) >= 11 is 1.27. The topological polar surface area (TPSA) is 63.6 Å². The van der Waals surface area contributed by atoms with Gasteiger partial charge in [0.15, 0.2) is 0 Å². The lowest BCUT2D eigenvalue weighted by molar-refractivity contribution is 0.897. The van der Waals surface area contributed by atoms with Gasteiger partial charge in [-0.25, -0.2) is 4.68 Å². The largest absolute Gasteiger partial charge is 0.276 e. The summed E-state index contributed by atoms with van der Waals surface area (Å²) in [4.78, 5) is 15.6. The molecule has 0 saturated heterocycles. The third-order valence-electron chi connectivity index (χ3n) is 3.28. The number of fused-ring (bicyclic) bond motifs is 1. The van der Waals surface area contributed by atoms with E-state index in [4.69, 9.17) is 0 Å². The van der Waals surface area contributed by atoms with Crippen LogP contribution in [0.2, 0.25) is 0 Å². The Morgan fingerprint density at radius 3 is 3.00 bits per heavy atom. The molecule has 0 atom stereocenters. The molecular formula is C15H10N4OS. The van der Waals surface area contributed by atoms with E-state index in [9.17, 15) is 4.79 Å². The molecule has 5 nitrogen and oxygen atoms in total. The molecule has 0 aliphatic heterocycles. The van der Waals surface area contributed by atoms with E-state index in [0.717, 1.165) is 27.0 Å². The molecule has 0 unspecified atom stereocenters. The molecule has 1 aromatic carbocycles. The molecule has 4 aromatic rings. The molecule has 0 fully saturated rings. The first kappa shape index (κ1) is 12.0. The van der Waals surface area contributed by atoms with Crippen molar-refractivity contribution in [3.05, 3.63) is 65.3 Å². The van der Waals surface area contributed by atoms with Crippen LogP contribution in [0.5, 0.6) is 0 Å². The molecule has 0 spiro atoms. The van der Waals surface area contributed by atoms with E-state index in [1.165, 1.54) is 17.6 Å². The third kappa shape index (κ3) is 2.05. The number of benzene rings is 1. The van der Waals surface area contributed by atoms with Crippen LogP contribution in [0.1, 0.15) is 0 Å². The summed E-state index contributed by atoms with van der Waals surface area (Å²) in [6, 6.07) is 11.5. The molecule has 21 heavy (non-hydrogen) atoms. The van der Waals surface area contributed by atoms with Gasteiger partial charge in [-0.2, -0.15) is 5.10 Å². The van der Waals surface area contributed by atoms with Crippen LogP contribution >= 0.6 is 11.5 Å². The van der Waals surface area contributed by atoms with Gasteiger partial charge in [-0.1, -0.05) is 18.2 Å². The zero-order chi connectivity index (χ0) is 14.2. The van der Waals surface area contributed by atoms with E-state index >= 15 is 0 Å². The Morgan fingerprint density at radius 1 is 1.19 bits per heavy atom. The van der Waals surface area contributed by atoms with Crippen LogP contribution in [0, 0.1) is 0 Å². The fourth-order valence-corrected chi connectivity index (χ4v) is 2.95. The summed E-state index contributed by atoms with van der Waals surface area (Å²) in [5, 5.41) is 6.18. The number of rotatable bonds is 2. The Balaban J connectivity index is 1.86. The number of aromatic nitrogens is 4. The summed E-state index contributed by atoms with van der Waals surface area (Å²) < 4.78 is 4.36. The number of pyridine rings is 1. The zero-order valence-electron chi connectivity index (χ0n) is 10.9. The lowest BCUT2D eigenvalue weighted by atomic mass is 10.0. The van der Waals surface area contributed by atoms with E-state index < -0.39 is 0 Å². The maximum absolute atomic E-state index is 11.2. The van der Waals surface area contributed by atoms with Crippen molar-refractivity contribution in [3.63, 3.8) is 0 Å². The van der Waals surface area contributed by atoms with Crippen molar-refractivity contribution in [1.82, 2.24) is 19.1 Å². The first-order valence-electron chi connectivity index (χ1n) is 6.39. The second-order valence-corrected chi connectivity index (χ2v) is 5.43. The molecule has 0 amide bonds. The van der Waals surface area contributed by atoms with Crippen LogP contribution in [-0.4, -0.2) is 19.1 Å².